The molecule has 0 atom stereocenters. The van der Waals surface area contributed by atoms with Gasteiger partial charge in [-0.1, -0.05) is 25.0 Å². The van der Waals surface area contributed by atoms with Crippen molar-refractivity contribution in [3.63, 3.8) is 0 Å². The molecule has 0 spiro atoms. The quantitative estimate of drug-likeness (QED) is 0.815. The lowest BCUT2D eigenvalue weighted by molar-refractivity contribution is 0.0768. The number of pyridine rings is 1. The Balaban J connectivity index is 1.37. The first-order chi connectivity index (χ1) is 13.1. The lowest BCUT2D eigenvalue weighted by atomic mass is 10.0. The van der Waals surface area contributed by atoms with Gasteiger partial charge in [0.25, 0.3) is 5.56 Å². The van der Waals surface area contributed by atoms with Gasteiger partial charge in [0.05, 0.1) is 0 Å². The fourth-order valence-corrected chi connectivity index (χ4v) is 4.56. The zero-order valence-electron chi connectivity index (χ0n) is 16.5. The van der Waals surface area contributed by atoms with E-state index in [1.807, 2.05) is 13.1 Å². The van der Waals surface area contributed by atoms with E-state index in [4.69, 9.17) is 4.74 Å². The van der Waals surface area contributed by atoms with Gasteiger partial charge < -0.3 is 14.2 Å². The molecule has 0 unspecified atom stereocenters. The molecule has 144 valence electrons. The topological polar surface area (TPSA) is 34.5 Å². The van der Waals surface area contributed by atoms with Crippen LogP contribution in [0.15, 0.2) is 41.3 Å². The van der Waals surface area contributed by atoms with E-state index in [9.17, 15) is 4.79 Å². The van der Waals surface area contributed by atoms with Crippen molar-refractivity contribution >= 4 is 0 Å². The summed E-state index contributed by atoms with van der Waals surface area (Å²) in [6, 6.07) is 10.8. The van der Waals surface area contributed by atoms with Crippen molar-refractivity contribution < 1.29 is 4.74 Å². The van der Waals surface area contributed by atoms with Gasteiger partial charge in [0, 0.05) is 44.0 Å². The van der Waals surface area contributed by atoms with Crippen molar-refractivity contribution in [3.05, 3.63) is 52.4 Å². The number of benzene rings is 1. The number of nitrogens with zero attached hydrogens (tertiary/aromatic N) is 2. The second kappa shape index (κ2) is 7.89. The molecular formula is C23H30N2O2. The minimum Gasteiger partial charge on any atom is -0.490 e. The van der Waals surface area contributed by atoms with Crippen molar-refractivity contribution in [1.29, 1.82) is 0 Å². The summed E-state index contributed by atoms with van der Waals surface area (Å²) < 4.78 is 7.88. The second-order valence-corrected chi connectivity index (χ2v) is 8.14. The van der Waals surface area contributed by atoms with Crippen LogP contribution in [-0.4, -0.2) is 34.7 Å². The molecule has 4 rings (SSSR count). The number of aryl methyl sites for hydroxylation is 2. The van der Waals surface area contributed by atoms with Gasteiger partial charge in [-0.3, -0.25) is 4.79 Å². The van der Waals surface area contributed by atoms with Gasteiger partial charge in [-0.05, 0) is 55.9 Å². The van der Waals surface area contributed by atoms with Crippen LogP contribution in [0.5, 0.6) is 5.75 Å². The highest BCUT2D eigenvalue weighted by Crippen LogP contribution is 2.29. The van der Waals surface area contributed by atoms with Crippen LogP contribution in [-0.2, 0) is 7.05 Å². The molecule has 1 aliphatic carbocycles. The molecule has 4 heteroatoms. The zero-order valence-corrected chi connectivity index (χ0v) is 16.5. The summed E-state index contributed by atoms with van der Waals surface area (Å²) in [5, 5.41) is 0. The highest BCUT2D eigenvalue weighted by atomic mass is 16.5. The lowest BCUT2D eigenvalue weighted by Gasteiger charge is -2.36. The van der Waals surface area contributed by atoms with Crippen molar-refractivity contribution in [2.75, 3.05) is 13.1 Å². The van der Waals surface area contributed by atoms with Gasteiger partial charge in [0.15, 0.2) is 0 Å². The van der Waals surface area contributed by atoms with Gasteiger partial charge in [-0.15, -0.1) is 0 Å². The van der Waals surface area contributed by atoms with Crippen molar-refractivity contribution in [3.8, 4) is 16.9 Å². The molecule has 1 aliphatic heterocycles. The third-order valence-electron chi connectivity index (χ3n) is 6.22. The Bertz CT molecular complexity index is 826. The normalized spacial score (nSPS) is 19.5. The number of aromatic nitrogens is 1. The average Bonchev–Trinajstić information content (AvgIpc) is 3.21. The van der Waals surface area contributed by atoms with Crippen LogP contribution in [0.1, 0.15) is 44.1 Å². The van der Waals surface area contributed by atoms with Crippen LogP contribution in [0.2, 0.25) is 0 Å². The van der Waals surface area contributed by atoms with Crippen molar-refractivity contribution in [2.24, 2.45) is 7.05 Å². The Morgan fingerprint density at radius 1 is 1.00 bits per heavy atom. The van der Waals surface area contributed by atoms with Crippen molar-refractivity contribution in [2.45, 2.75) is 57.6 Å². The molecule has 2 heterocycles. The van der Waals surface area contributed by atoms with E-state index in [0.717, 1.165) is 41.3 Å². The molecule has 2 aliphatic rings. The maximum atomic E-state index is 11.7. The maximum absolute atomic E-state index is 11.7. The fourth-order valence-electron chi connectivity index (χ4n) is 4.56. The molecule has 1 aromatic carbocycles. The number of hydrogen-bond donors (Lipinski definition) is 0. The van der Waals surface area contributed by atoms with E-state index in [1.54, 1.807) is 17.7 Å². The van der Waals surface area contributed by atoms with Crippen molar-refractivity contribution in [1.82, 2.24) is 9.47 Å². The molecular weight excluding hydrogens is 336 g/mol. The number of likely N-dealkylation sites (tertiary alicyclic amines) is 1. The third-order valence-corrected chi connectivity index (χ3v) is 6.22. The maximum Gasteiger partial charge on any atom is 0.250 e. The van der Waals surface area contributed by atoms with Crippen LogP contribution in [0, 0.1) is 6.92 Å². The summed E-state index contributed by atoms with van der Waals surface area (Å²) in [5.41, 5.74) is 3.24. The minimum atomic E-state index is 0.0279. The predicted octanol–water partition coefficient (Wildman–Crippen LogP) is 4.15. The van der Waals surface area contributed by atoms with Crippen LogP contribution in [0.25, 0.3) is 11.1 Å². The van der Waals surface area contributed by atoms with Crippen LogP contribution in [0.3, 0.4) is 0 Å². The molecule has 1 aromatic heterocycles. The van der Waals surface area contributed by atoms with Gasteiger partial charge in [0.2, 0.25) is 0 Å². The summed E-state index contributed by atoms with van der Waals surface area (Å²) in [6.45, 7) is 4.33. The molecule has 0 amide bonds. The first kappa shape index (κ1) is 18.3. The summed E-state index contributed by atoms with van der Waals surface area (Å²) in [7, 11) is 1.79. The monoisotopic (exact) mass is 366 g/mol. The van der Waals surface area contributed by atoms with Gasteiger partial charge in [-0.25, -0.2) is 0 Å². The Morgan fingerprint density at radius 3 is 2.33 bits per heavy atom. The van der Waals surface area contributed by atoms with Gasteiger partial charge in [0.1, 0.15) is 11.9 Å². The molecule has 2 fully saturated rings. The summed E-state index contributed by atoms with van der Waals surface area (Å²) in [5.74, 6) is 0.945. The van der Waals surface area contributed by atoms with Crippen LogP contribution in [0.4, 0.5) is 0 Å². The second-order valence-electron chi connectivity index (χ2n) is 8.14. The molecule has 4 nitrogen and oxygen atoms in total. The first-order valence-electron chi connectivity index (χ1n) is 10.3. The molecule has 0 bridgehead atoms. The number of ether oxygens (including phenoxy) is 1. The summed E-state index contributed by atoms with van der Waals surface area (Å²) >= 11 is 0. The predicted molar refractivity (Wildman–Crippen MR) is 109 cm³/mol. The zero-order chi connectivity index (χ0) is 18.8. The van der Waals surface area contributed by atoms with E-state index >= 15 is 0 Å². The van der Waals surface area contributed by atoms with E-state index < -0.39 is 0 Å². The molecule has 27 heavy (non-hydrogen) atoms. The SMILES string of the molecule is Cc1cc(=O)n(C)cc1-c1ccc(OC2CCN(C3CCCC3)CC2)cc1. The fraction of sp³-hybridized carbons (Fsp3) is 0.522. The third kappa shape index (κ3) is 4.11. The van der Waals surface area contributed by atoms with E-state index in [2.05, 4.69) is 29.2 Å². The molecule has 1 saturated heterocycles. The highest BCUT2D eigenvalue weighted by Gasteiger charge is 2.27. The Hall–Kier alpha value is -2.07. The average molecular weight is 367 g/mol. The standard InChI is InChI=1S/C23H30N2O2/c1-17-15-23(26)24(2)16-22(17)18-7-9-20(10-8-18)27-21-11-13-25(14-12-21)19-5-3-4-6-19/h7-10,15-16,19,21H,3-6,11-14H2,1-2H3. The number of hydrogen-bond acceptors (Lipinski definition) is 3. The summed E-state index contributed by atoms with van der Waals surface area (Å²) in [6.07, 6.45) is 10.1. The Morgan fingerprint density at radius 2 is 1.67 bits per heavy atom. The number of rotatable bonds is 4. The van der Waals surface area contributed by atoms with E-state index in [1.165, 1.54) is 38.8 Å². The van der Waals surface area contributed by atoms with Gasteiger partial charge >= 0.3 is 0 Å². The largest absolute Gasteiger partial charge is 0.490 e. The van der Waals surface area contributed by atoms with Crippen LogP contribution < -0.4 is 10.3 Å². The molecule has 0 radical (unpaired) electrons. The summed E-state index contributed by atoms with van der Waals surface area (Å²) in [4.78, 5) is 14.4. The Kier molecular flexibility index (Phi) is 5.35. The lowest BCUT2D eigenvalue weighted by Crippen LogP contribution is -2.43. The number of piperidine rings is 1. The molecule has 1 saturated carbocycles. The Labute approximate surface area is 161 Å². The molecule has 0 N–H and O–H groups in total. The van der Waals surface area contributed by atoms with Crippen LogP contribution >= 0.6 is 0 Å². The van der Waals surface area contributed by atoms with E-state index in [-0.39, 0.29) is 5.56 Å². The van der Waals surface area contributed by atoms with Gasteiger partial charge in [-0.2, -0.15) is 0 Å². The first-order valence-corrected chi connectivity index (χ1v) is 10.3. The highest BCUT2D eigenvalue weighted by molar-refractivity contribution is 5.66. The molecule has 2 aromatic rings. The smallest absolute Gasteiger partial charge is 0.250 e. The minimum absolute atomic E-state index is 0.0279. The van der Waals surface area contributed by atoms with E-state index in [0.29, 0.717) is 6.10 Å².